The number of amides is 3. The lowest BCUT2D eigenvalue weighted by Gasteiger charge is -2.25. The first-order chi connectivity index (χ1) is 24.4. The minimum atomic E-state index is -0.745. The number of hydrogen-bond donors (Lipinski definition) is 3. The largest absolute Gasteiger partial charge is 0.465 e. The van der Waals surface area contributed by atoms with E-state index < -0.39 is 5.41 Å². The molecule has 3 amide bonds. The third kappa shape index (κ3) is 9.79. The molecule has 266 valence electrons. The highest BCUT2D eigenvalue weighted by atomic mass is 35.5. The Balaban J connectivity index is 0.000000151. The highest BCUT2D eigenvalue weighted by molar-refractivity contribution is 6.30. The first-order valence-corrected chi connectivity index (χ1v) is 17.1. The fourth-order valence-corrected chi connectivity index (χ4v) is 5.96. The van der Waals surface area contributed by atoms with Gasteiger partial charge in [-0.25, -0.2) is 0 Å². The highest BCUT2D eigenvalue weighted by Gasteiger charge is 2.43. The molecule has 2 atom stereocenters. The highest BCUT2D eigenvalue weighted by Crippen LogP contribution is 2.32. The Bertz CT molecular complexity index is 1860. The molecule has 3 N–H and O–H groups in total. The molecule has 2 unspecified atom stereocenters. The number of anilines is 3. The molecule has 3 fully saturated rings. The summed E-state index contributed by atoms with van der Waals surface area (Å²) in [5, 5.41) is 6.20. The topological polar surface area (TPSA) is 123 Å². The molecule has 0 bridgehead atoms. The Labute approximate surface area is 303 Å². The Morgan fingerprint density at radius 2 is 1.45 bits per heavy atom. The lowest BCUT2D eigenvalue weighted by atomic mass is 9.92. The molecule has 3 saturated heterocycles. The van der Waals surface area contributed by atoms with Gasteiger partial charge in [0.05, 0.1) is 36.1 Å². The van der Waals surface area contributed by atoms with Crippen molar-refractivity contribution in [2.75, 3.05) is 34.7 Å². The van der Waals surface area contributed by atoms with Crippen LogP contribution in [-0.2, 0) is 23.9 Å². The second-order valence-corrected chi connectivity index (χ2v) is 13.4. The maximum absolute atomic E-state index is 12.0. The number of halogens is 1. The standard InChI is InChI=1S/C16H16N2O.C13H15ClN2O3.C10H12N2O/c1-12-6-5-7-13(10-12)15-11-16(19)17-18(15)14-8-3-2-4-9-14;1-9(17)19-8-13(2)7-16(15-12(13)18)11-5-3-10(14)4-6-11;1-8-3-2-4-9(7-8)12-6-5-10(13)11-12/h2-10,15H,11H2,1H3,(H,17,19);3-6H,7-8H2,1-2H3,(H,15,18);2-4,7H,5-6H2,1H3,(H,11,13). The van der Waals surface area contributed by atoms with Crippen molar-refractivity contribution in [1.29, 1.82) is 0 Å². The minimum absolute atomic E-state index is 0.0646. The van der Waals surface area contributed by atoms with E-state index in [9.17, 15) is 19.2 Å². The van der Waals surface area contributed by atoms with Crippen molar-refractivity contribution in [3.8, 4) is 0 Å². The first-order valence-electron chi connectivity index (χ1n) is 16.7. The first kappa shape index (κ1) is 36.7. The van der Waals surface area contributed by atoms with Gasteiger partial charge in [0.1, 0.15) is 12.0 Å². The summed E-state index contributed by atoms with van der Waals surface area (Å²) < 4.78 is 4.95. The van der Waals surface area contributed by atoms with Gasteiger partial charge in [-0.15, -0.1) is 0 Å². The van der Waals surface area contributed by atoms with Crippen molar-refractivity contribution in [1.82, 2.24) is 16.3 Å². The minimum Gasteiger partial charge on any atom is -0.465 e. The zero-order valence-corrected chi connectivity index (χ0v) is 29.9. The van der Waals surface area contributed by atoms with Crippen molar-refractivity contribution in [3.05, 3.63) is 125 Å². The second-order valence-electron chi connectivity index (χ2n) is 13.0. The van der Waals surface area contributed by atoms with Gasteiger partial charge in [-0.05, 0) is 80.4 Å². The number of hydrogen-bond acceptors (Lipinski definition) is 8. The Hall–Kier alpha value is -5.55. The maximum Gasteiger partial charge on any atom is 0.302 e. The number of esters is 1. The second kappa shape index (κ2) is 16.4. The lowest BCUT2D eigenvalue weighted by Crippen LogP contribution is -2.35. The van der Waals surface area contributed by atoms with E-state index in [4.69, 9.17) is 16.3 Å². The van der Waals surface area contributed by atoms with E-state index in [1.165, 1.54) is 23.6 Å². The van der Waals surface area contributed by atoms with Crippen LogP contribution in [0, 0.1) is 19.3 Å². The molecule has 0 aliphatic carbocycles. The van der Waals surface area contributed by atoms with Crippen LogP contribution in [0.4, 0.5) is 17.1 Å². The van der Waals surface area contributed by atoms with Crippen LogP contribution in [0.15, 0.2) is 103 Å². The average Bonchev–Trinajstić information content (AvgIpc) is 3.82. The van der Waals surface area contributed by atoms with Crippen LogP contribution in [0.2, 0.25) is 5.02 Å². The number of hydrazine groups is 3. The smallest absolute Gasteiger partial charge is 0.302 e. The van der Waals surface area contributed by atoms with Gasteiger partial charge in [0.2, 0.25) is 17.7 Å². The summed E-state index contributed by atoms with van der Waals surface area (Å²) in [7, 11) is 0. The van der Waals surface area contributed by atoms with Gasteiger partial charge < -0.3 is 4.74 Å². The van der Waals surface area contributed by atoms with E-state index in [1.54, 1.807) is 24.1 Å². The lowest BCUT2D eigenvalue weighted by molar-refractivity contribution is -0.146. The van der Waals surface area contributed by atoms with Crippen molar-refractivity contribution in [2.24, 2.45) is 5.41 Å². The van der Waals surface area contributed by atoms with Gasteiger partial charge in [0.25, 0.3) is 0 Å². The molecule has 0 saturated carbocycles. The van der Waals surface area contributed by atoms with Crippen LogP contribution in [0.1, 0.15) is 49.4 Å². The van der Waals surface area contributed by atoms with Gasteiger partial charge in [-0.1, -0.05) is 71.8 Å². The normalized spacial score (nSPS) is 19.3. The molecule has 11 nitrogen and oxygen atoms in total. The molecular formula is C39H43ClN6O5. The van der Waals surface area contributed by atoms with Crippen LogP contribution >= 0.6 is 11.6 Å². The van der Waals surface area contributed by atoms with Crippen LogP contribution < -0.4 is 31.3 Å². The molecular weight excluding hydrogens is 668 g/mol. The van der Waals surface area contributed by atoms with Crippen molar-refractivity contribution in [2.45, 2.75) is 46.6 Å². The summed E-state index contributed by atoms with van der Waals surface area (Å²) in [6.45, 7) is 8.47. The zero-order chi connectivity index (χ0) is 36.5. The number of benzene rings is 4. The van der Waals surface area contributed by atoms with Gasteiger partial charge in [0.15, 0.2) is 0 Å². The predicted octanol–water partition coefficient (Wildman–Crippen LogP) is 5.97. The van der Waals surface area contributed by atoms with Crippen molar-refractivity contribution >= 4 is 52.4 Å². The summed E-state index contributed by atoms with van der Waals surface area (Å²) in [6.07, 6.45) is 1.09. The molecule has 7 rings (SSSR count). The molecule has 4 aromatic carbocycles. The number of aryl methyl sites for hydroxylation is 2. The van der Waals surface area contributed by atoms with Crippen LogP contribution in [0.3, 0.4) is 0 Å². The number of carbonyl (C=O) groups excluding carboxylic acids is 4. The van der Waals surface area contributed by atoms with E-state index in [0.717, 1.165) is 23.6 Å². The quantitative estimate of drug-likeness (QED) is 0.209. The molecule has 3 heterocycles. The van der Waals surface area contributed by atoms with Gasteiger partial charge in [-0.2, -0.15) is 0 Å². The number of nitrogens with zero attached hydrogens (tertiary/aromatic N) is 3. The van der Waals surface area contributed by atoms with Crippen LogP contribution in [-0.4, -0.2) is 43.4 Å². The summed E-state index contributed by atoms with van der Waals surface area (Å²) in [5.74, 6) is -0.389. The van der Waals surface area contributed by atoms with E-state index in [0.29, 0.717) is 24.4 Å². The Morgan fingerprint density at radius 1 is 0.784 bits per heavy atom. The van der Waals surface area contributed by atoms with Gasteiger partial charge in [-0.3, -0.25) is 50.5 Å². The summed E-state index contributed by atoms with van der Waals surface area (Å²) in [4.78, 5) is 45.5. The van der Waals surface area contributed by atoms with Gasteiger partial charge in [0, 0.05) is 24.9 Å². The number of carbonyl (C=O) groups is 4. The van der Waals surface area contributed by atoms with Crippen LogP contribution in [0.5, 0.6) is 0 Å². The Morgan fingerprint density at radius 3 is 2.08 bits per heavy atom. The van der Waals surface area contributed by atoms with Gasteiger partial charge >= 0.3 is 5.97 Å². The number of ether oxygens (including phenoxy) is 1. The van der Waals surface area contributed by atoms with E-state index in [1.807, 2.05) is 83.7 Å². The molecule has 51 heavy (non-hydrogen) atoms. The zero-order valence-electron chi connectivity index (χ0n) is 29.2. The number of rotatable bonds is 6. The summed E-state index contributed by atoms with van der Waals surface area (Å²) >= 11 is 5.82. The number of nitrogens with one attached hydrogen (secondary N) is 3. The molecule has 4 aromatic rings. The fraction of sp³-hybridized carbons (Fsp3) is 0.282. The maximum atomic E-state index is 12.0. The van der Waals surface area contributed by atoms with E-state index >= 15 is 0 Å². The van der Waals surface area contributed by atoms with E-state index in [-0.39, 0.29) is 36.3 Å². The molecule has 0 aromatic heterocycles. The van der Waals surface area contributed by atoms with E-state index in [2.05, 4.69) is 47.5 Å². The predicted molar refractivity (Wildman–Crippen MR) is 199 cm³/mol. The van der Waals surface area contributed by atoms with Crippen LogP contribution in [0.25, 0.3) is 0 Å². The van der Waals surface area contributed by atoms with Crippen molar-refractivity contribution in [3.63, 3.8) is 0 Å². The molecule has 0 spiro atoms. The molecule has 3 aliphatic rings. The monoisotopic (exact) mass is 710 g/mol. The molecule has 0 radical (unpaired) electrons. The average molecular weight is 711 g/mol. The summed E-state index contributed by atoms with van der Waals surface area (Å²) in [5.41, 5.74) is 14.2. The Kier molecular flexibility index (Phi) is 11.8. The van der Waals surface area contributed by atoms with Crippen molar-refractivity contribution < 1.29 is 23.9 Å². The third-order valence-electron chi connectivity index (χ3n) is 8.56. The SMILES string of the molecule is CC(=O)OCC1(C)CN(c2ccc(Cl)cc2)NC1=O.Cc1cccc(C2CC(=O)NN2c2ccccc2)c1.Cc1cccc(N2CCC(=O)N2)c1. The summed E-state index contributed by atoms with van der Waals surface area (Å²) in [6, 6.07) is 33.6. The number of para-hydroxylation sites is 1. The molecule has 12 heteroatoms. The molecule has 3 aliphatic heterocycles. The third-order valence-corrected chi connectivity index (χ3v) is 8.81. The fourth-order valence-electron chi connectivity index (χ4n) is 5.83.